The first-order chi connectivity index (χ1) is 5.21. The van der Waals surface area contributed by atoms with Crippen molar-refractivity contribution < 1.29 is 5.11 Å². The lowest BCUT2D eigenvalue weighted by Crippen LogP contribution is -2.47. The van der Waals surface area contributed by atoms with Crippen molar-refractivity contribution in [1.29, 1.82) is 0 Å². The van der Waals surface area contributed by atoms with E-state index in [-0.39, 0.29) is 11.6 Å². The van der Waals surface area contributed by atoms with Crippen molar-refractivity contribution >= 4 is 0 Å². The molecule has 1 aromatic rings. The maximum absolute atomic E-state index is 9.12. The second-order valence-corrected chi connectivity index (χ2v) is 3.41. The Bertz CT molecular complexity index is 238. The number of nitrogens with zero attached hydrogens (tertiary/aromatic N) is 3. The highest BCUT2D eigenvalue weighted by Gasteiger charge is 2.41. The number of rotatable bonds is 1. The maximum Gasteiger partial charge on any atom is 0.0693 e. The van der Waals surface area contributed by atoms with Crippen LogP contribution in [-0.2, 0) is 5.54 Å². The summed E-state index contributed by atoms with van der Waals surface area (Å²) in [6.45, 7) is 2.08. The normalized spacial score (nSPS) is 36.7. The Labute approximate surface area is 64.8 Å². The lowest BCUT2D eigenvalue weighted by molar-refractivity contribution is -0.0190. The first-order valence-electron chi connectivity index (χ1n) is 3.76. The monoisotopic (exact) mass is 153 g/mol. The molecule has 1 saturated carbocycles. The standard InChI is InChI=1S/C7H11N3O/c1-7(4-6(11)5-7)10-3-2-8-9-10/h2-3,6,11H,4-5H2,1H3. The molecule has 0 atom stereocenters. The third-order valence-corrected chi connectivity index (χ3v) is 2.33. The molecule has 1 aliphatic rings. The molecule has 2 rings (SSSR count). The summed E-state index contributed by atoms with van der Waals surface area (Å²) in [5.74, 6) is 0. The van der Waals surface area contributed by atoms with E-state index in [1.54, 1.807) is 6.20 Å². The molecule has 1 aromatic heterocycles. The van der Waals surface area contributed by atoms with E-state index in [2.05, 4.69) is 17.2 Å². The van der Waals surface area contributed by atoms with Gasteiger partial charge in [-0.1, -0.05) is 5.21 Å². The van der Waals surface area contributed by atoms with Gasteiger partial charge in [-0.25, -0.2) is 4.68 Å². The Morgan fingerprint density at radius 1 is 1.64 bits per heavy atom. The summed E-state index contributed by atoms with van der Waals surface area (Å²) in [6, 6.07) is 0. The molecule has 4 heteroatoms. The minimum Gasteiger partial charge on any atom is -0.393 e. The molecular weight excluding hydrogens is 142 g/mol. The van der Waals surface area contributed by atoms with Crippen molar-refractivity contribution in [3.05, 3.63) is 12.4 Å². The van der Waals surface area contributed by atoms with E-state index in [0.29, 0.717) is 0 Å². The van der Waals surface area contributed by atoms with E-state index >= 15 is 0 Å². The SMILES string of the molecule is CC1(n2ccnn2)CC(O)C1. The molecule has 11 heavy (non-hydrogen) atoms. The summed E-state index contributed by atoms with van der Waals surface area (Å²) in [5, 5.41) is 16.7. The molecule has 4 nitrogen and oxygen atoms in total. The fourth-order valence-corrected chi connectivity index (χ4v) is 1.64. The topological polar surface area (TPSA) is 50.9 Å². The van der Waals surface area contributed by atoms with Gasteiger partial charge in [-0.15, -0.1) is 5.10 Å². The van der Waals surface area contributed by atoms with Crippen LogP contribution in [0.4, 0.5) is 0 Å². The van der Waals surface area contributed by atoms with Gasteiger partial charge in [0.2, 0.25) is 0 Å². The van der Waals surface area contributed by atoms with Crippen molar-refractivity contribution in [2.45, 2.75) is 31.4 Å². The molecule has 60 valence electrons. The summed E-state index contributed by atoms with van der Waals surface area (Å²) in [5.41, 5.74) is 0.00984. The third kappa shape index (κ3) is 0.939. The Hall–Kier alpha value is -0.900. The zero-order valence-corrected chi connectivity index (χ0v) is 6.44. The van der Waals surface area contributed by atoms with Crippen molar-refractivity contribution in [3.8, 4) is 0 Å². The zero-order valence-electron chi connectivity index (χ0n) is 6.44. The Morgan fingerprint density at radius 3 is 2.82 bits per heavy atom. The molecule has 0 spiro atoms. The minimum absolute atomic E-state index is 0.00984. The fraction of sp³-hybridized carbons (Fsp3) is 0.714. The van der Waals surface area contributed by atoms with Gasteiger partial charge in [0.05, 0.1) is 17.8 Å². The molecule has 1 aliphatic carbocycles. The Morgan fingerprint density at radius 2 is 2.36 bits per heavy atom. The van der Waals surface area contributed by atoms with Crippen LogP contribution in [0.2, 0.25) is 0 Å². The molecule has 1 N–H and O–H groups in total. The van der Waals surface area contributed by atoms with Crippen LogP contribution in [0.3, 0.4) is 0 Å². The average Bonchev–Trinajstić information content (AvgIpc) is 2.34. The molecule has 0 aliphatic heterocycles. The molecule has 1 fully saturated rings. The number of aliphatic hydroxyl groups excluding tert-OH is 1. The van der Waals surface area contributed by atoms with Crippen LogP contribution in [0.1, 0.15) is 19.8 Å². The van der Waals surface area contributed by atoms with Gasteiger partial charge in [-0.05, 0) is 19.8 Å². The van der Waals surface area contributed by atoms with Gasteiger partial charge < -0.3 is 5.11 Å². The second kappa shape index (κ2) is 2.04. The summed E-state index contributed by atoms with van der Waals surface area (Å²) in [7, 11) is 0. The van der Waals surface area contributed by atoms with E-state index in [9.17, 15) is 0 Å². The summed E-state index contributed by atoms with van der Waals surface area (Å²) >= 11 is 0. The average molecular weight is 153 g/mol. The van der Waals surface area contributed by atoms with Crippen molar-refractivity contribution in [2.75, 3.05) is 0 Å². The van der Waals surface area contributed by atoms with Gasteiger partial charge in [-0.2, -0.15) is 0 Å². The van der Waals surface area contributed by atoms with Crippen LogP contribution >= 0.6 is 0 Å². The minimum atomic E-state index is -0.149. The van der Waals surface area contributed by atoms with Crippen molar-refractivity contribution in [1.82, 2.24) is 15.0 Å². The lowest BCUT2D eigenvalue weighted by atomic mass is 9.76. The van der Waals surface area contributed by atoms with Crippen LogP contribution in [0.25, 0.3) is 0 Å². The van der Waals surface area contributed by atoms with E-state index in [0.717, 1.165) is 12.8 Å². The highest BCUT2D eigenvalue weighted by Crippen LogP contribution is 2.37. The zero-order chi connectivity index (χ0) is 7.90. The van der Waals surface area contributed by atoms with Crippen molar-refractivity contribution in [2.24, 2.45) is 0 Å². The van der Waals surface area contributed by atoms with Gasteiger partial charge in [0, 0.05) is 6.20 Å². The predicted octanol–water partition coefficient (Wildman–Crippen LogP) is 0.148. The molecule has 0 radical (unpaired) electrons. The molecule has 0 amide bonds. The fourth-order valence-electron chi connectivity index (χ4n) is 1.64. The molecule has 0 aromatic carbocycles. The first kappa shape index (κ1) is 6.79. The lowest BCUT2D eigenvalue weighted by Gasteiger charge is -2.42. The van der Waals surface area contributed by atoms with Crippen LogP contribution in [0, 0.1) is 0 Å². The summed E-state index contributed by atoms with van der Waals surface area (Å²) < 4.78 is 1.82. The Balaban J connectivity index is 2.18. The second-order valence-electron chi connectivity index (χ2n) is 3.41. The van der Waals surface area contributed by atoms with Gasteiger partial charge >= 0.3 is 0 Å². The van der Waals surface area contributed by atoms with Gasteiger partial charge in [0.1, 0.15) is 0 Å². The smallest absolute Gasteiger partial charge is 0.0693 e. The largest absolute Gasteiger partial charge is 0.393 e. The summed E-state index contributed by atoms with van der Waals surface area (Å²) in [4.78, 5) is 0. The number of aromatic nitrogens is 3. The Kier molecular flexibility index (Phi) is 1.26. The van der Waals surface area contributed by atoms with E-state index in [1.165, 1.54) is 0 Å². The third-order valence-electron chi connectivity index (χ3n) is 2.33. The van der Waals surface area contributed by atoms with E-state index < -0.39 is 0 Å². The van der Waals surface area contributed by atoms with Crippen LogP contribution < -0.4 is 0 Å². The molecule has 0 unspecified atom stereocenters. The van der Waals surface area contributed by atoms with Crippen molar-refractivity contribution in [3.63, 3.8) is 0 Å². The number of aliphatic hydroxyl groups is 1. The number of hydrogen-bond donors (Lipinski definition) is 1. The molecule has 0 saturated heterocycles. The van der Waals surface area contributed by atoms with Crippen LogP contribution in [-0.4, -0.2) is 26.2 Å². The highest BCUT2D eigenvalue weighted by atomic mass is 16.3. The maximum atomic E-state index is 9.12. The van der Waals surface area contributed by atoms with E-state index in [1.807, 2.05) is 10.9 Å². The highest BCUT2D eigenvalue weighted by molar-refractivity contribution is 4.95. The number of hydrogen-bond acceptors (Lipinski definition) is 3. The predicted molar refractivity (Wildman–Crippen MR) is 38.9 cm³/mol. The van der Waals surface area contributed by atoms with Crippen LogP contribution in [0.15, 0.2) is 12.4 Å². The molecular formula is C7H11N3O. The van der Waals surface area contributed by atoms with Gasteiger partial charge in [0.25, 0.3) is 0 Å². The first-order valence-corrected chi connectivity index (χ1v) is 3.76. The quantitative estimate of drug-likeness (QED) is 0.624. The van der Waals surface area contributed by atoms with Gasteiger partial charge in [0.15, 0.2) is 0 Å². The van der Waals surface area contributed by atoms with E-state index in [4.69, 9.17) is 5.11 Å². The molecule has 0 bridgehead atoms. The summed E-state index contributed by atoms with van der Waals surface area (Å²) in [6.07, 6.45) is 4.93. The molecule has 1 heterocycles. The van der Waals surface area contributed by atoms with Gasteiger partial charge in [-0.3, -0.25) is 0 Å². The van der Waals surface area contributed by atoms with Crippen LogP contribution in [0.5, 0.6) is 0 Å².